The first kappa shape index (κ1) is 85.0. The Morgan fingerprint density at radius 2 is 0.822 bits per heavy atom. The number of ether oxygens (including phenoxy) is 5. The summed E-state index contributed by atoms with van der Waals surface area (Å²) in [6, 6.07) is 53.9. The predicted octanol–water partition coefficient (Wildman–Crippen LogP) is 14.0. The first-order valence-electron chi connectivity index (χ1n) is 33.7. The van der Waals surface area contributed by atoms with Gasteiger partial charge < -0.3 is 74.0 Å². The summed E-state index contributed by atoms with van der Waals surface area (Å²) in [5, 5.41) is 11.9. The summed E-state index contributed by atoms with van der Waals surface area (Å²) in [6.07, 6.45) is 5.10. The van der Waals surface area contributed by atoms with Gasteiger partial charge in [-0.1, -0.05) is 88.7 Å². The normalized spacial score (nSPS) is 12.4. The number of benzene rings is 9. The van der Waals surface area contributed by atoms with E-state index in [-0.39, 0.29) is 122 Å². The molecule has 12 aromatic rings. The van der Waals surface area contributed by atoms with E-state index < -0.39 is 24.3 Å². The second-order valence-corrected chi connectivity index (χ2v) is 26.2. The van der Waals surface area contributed by atoms with Gasteiger partial charge in [0.25, 0.3) is 0 Å². The van der Waals surface area contributed by atoms with Crippen molar-refractivity contribution in [3.05, 3.63) is 273 Å². The molecule has 0 amide bonds. The third kappa shape index (κ3) is 22.0. The number of hydrogen-bond acceptors (Lipinski definition) is 17. The van der Waals surface area contributed by atoms with Gasteiger partial charge in [0.1, 0.15) is 71.3 Å². The topological polar surface area (TPSA) is 284 Å². The molecule has 0 radical (unpaired) electrons. The van der Waals surface area contributed by atoms with Crippen molar-refractivity contribution in [3.63, 3.8) is 0 Å². The molecule has 107 heavy (non-hydrogen) atoms. The Hall–Kier alpha value is -9.21. The summed E-state index contributed by atoms with van der Waals surface area (Å²) in [6.45, 7) is 13.7. The third-order valence-corrected chi connectivity index (χ3v) is 18.0. The number of aliphatic carboxylic acids is 1. The van der Waals surface area contributed by atoms with Gasteiger partial charge in [-0.25, -0.2) is 13.2 Å². The number of carbonyl (C=O) groups excluding carboxylic acids is 2. The van der Waals surface area contributed by atoms with Crippen molar-refractivity contribution in [2.24, 2.45) is 17.2 Å². The van der Waals surface area contributed by atoms with Crippen molar-refractivity contribution in [1.82, 2.24) is 0 Å². The third-order valence-electron chi connectivity index (χ3n) is 17.5. The van der Waals surface area contributed by atoms with Crippen molar-refractivity contribution < 1.29 is 114 Å². The molecule has 9 aromatic carbocycles. The zero-order valence-corrected chi connectivity index (χ0v) is 64.7. The molecule has 8 N–H and O–H groups in total. The second-order valence-electron chi connectivity index (χ2n) is 25.3. The maximum Gasteiger partial charge on any atom is 1.00 e. The van der Waals surface area contributed by atoms with E-state index in [4.69, 9.17) is 68.6 Å². The maximum absolute atomic E-state index is 13.9. The number of rotatable bonds is 23. The van der Waals surface area contributed by atoms with Crippen molar-refractivity contribution in [1.29, 1.82) is 0 Å². The molecule has 13 rings (SSSR count). The van der Waals surface area contributed by atoms with Crippen molar-refractivity contribution in [2.45, 2.75) is 111 Å². The summed E-state index contributed by atoms with van der Waals surface area (Å²) in [5.41, 5.74) is 28.3. The minimum atomic E-state index is -0.917. The number of halogens is 5. The standard InChI is InChI=1S/C26H24FNO4.C25H29BO6.C24H20FNO4.C7H7BrFN.ClH.Na.H2O/c1-2-30-25(29)14-19-5-3-4-6-24(19)32-16-17-11-20-9-10-31-26(20)22(12-17)18-7-8-23(27)21(13-18)15-28;1-6-28-22(27)15-18-9-7-8-10-21(18)30-16-17-13-19-11-12-29-23(19)20(14-17)26-31-24(2,3)25(4,5)32-26;25-21-6-5-16(11-19(21)13-26)20-10-15(9-18-7-8-29-24(18)20)14-30-22-4-2-1-3-17(22)12-23(27)28;8-6-1-2-7(9)5(3-6)4-10;;;/h3-13H,2,14-16,28H2,1H3;7-14H,6,15-16H2,1-5H3;1-11H,12-14,26H2,(H,27,28);1-3H,4,10H2;1H;;1H2/q;;;;;+1;/p-1. The molecule has 0 saturated carbocycles. The molecule has 0 atom stereocenters. The first-order valence-corrected chi connectivity index (χ1v) is 34.5. The molecular weight excluding hydrogens is 1470 g/mol. The van der Waals surface area contributed by atoms with Crippen LogP contribution in [0.15, 0.2) is 219 Å². The van der Waals surface area contributed by atoms with Crippen LogP contribution < -0.4 is 66.4 Å². The summed E-state index contributed by atoms with van der Waals surface area (Å²) < 4.78 is 99.2. The Bertz CT molecular complexity index is 4980. The average Bonchev–Trinajstić information content (AvgIpc) is 1.73. The van der Waals surface area contributed by atoms with Crippen molar-refractivity contribution >= 4 is 91.7 Å². The molecule has 4 heterocycles. The van der Waals surface area contributed by atoms with Gasteiger partial charge in [-0.15, -0.1) is 12.4 Å². The average molecular weight is 1560 g/mol. The van der Waals surface area contributed by atoms with Crippen LogP contribution in [0.25, 0.3) is 55.2 Å². The van der Waals surface area contributed by atoms with E-state index in [0.717, 1.165) is 81.7 Å². The van der Waals surface area contributed by atoms with Crippen LogP contribution >= 0.6 is 28.3 Å². The number of fused-ring (bicyclic) bond motifs is 3. The zero-order chi connectivity index (χ0) is 74.1. The van der Waals surface area contributed by atoms with E-state index in [9.17, 15) is 27.6 Å². The first-order chi connectivity index (χ1) is 50.1. The number of hydrogen-bond donors (Lipinski definition) is 4. The van der Waals surface area contributed by atoms with Gasteiger partial charge in [-0.3, -0.25) is 14.4 Å². The van der Waals surface area contributed by atoms with Gasteiger partial charge in [0.15, 0.2) is 0 Å². The number of carbonyl (C=O) groups is 3. The van der Waals surface area contributed by atoms with Crippen LogP contribution in [0, 0.1) is 17.5 Å². The Labute approximate surface area is 655 Å². The SMILES string of the molecule is CCOC(=O)Cc1ccccc1OCc1cc(-c2ccc(F)c(CN)c2)c2occc2c1.CCOC(=O)Cc1ccccc1OCc1cc(B2OC(C)(C)C(C)(C)O2)c2occc2c1.Cl.NCc1cc(-c2cc(COc3ccccc3CC(=O)O)cc3ccoc23)ccc1F.NCc1cc(Br)ccc1F.[Na+].[OH-]. The van der Waals surface area contributed by atoms with Crippen molar-refractivity contribution in [2.75, 3.05) is 13.2 Å². The summed E-state index contributed by atoms with van der Waals surface area (Å²) in [4.78, 5) is 34.9. The van der Waals surface area contributed by atoms with E-state index in [1.165, 1.54) is 18.2 Å². The molecule has 1 saturated heterocycles. The van der Waals surface area contributed by atoms with Crippen molar-refractivity contribution in [3.8, 4) is 39.5 Å². The zero-order valence-electron chi connectivity index (χ0n) is 60.3. The summed E-state index contributed by atoms with van der Waals surface area (Å²) >= 11 is 3.21. The smallest absolute Gasteiger partial charge is 0.870 e. The van der Waals surface area contributed by atoms with Crippen LogP contribution in [-0.2, 0) is 91.9 Å². The molecule has 1 aliphatic rings. The molecule has 0 bridgehead atoms. The number of esters is 2. The van der Waals surface area contributed by atoms with Crippen LogP contribution in [0.1, 0.15) is 91.6 Å². The quantitative estimate of drug-likeness (QED) is 0.0342. The van der Waals surface area contributed by atoms with Gasteiger partial charge in [0.2, 0.25) is 0 Å². The van der Waals surface area contributed by atoms with Gasteiger partial charge in [0.05, 0.1) is 62.5 Å². The maximum atomic E-state index is 13.9. The molecule has 0 unspecified atom stereocenters. The monoisotopic (exact) mass is 1550 g/mol. The van der Waals surface area contributed by atoms with Crippen LogP contribution in [0.2, 0.25) is 0 Å². The molecule has 3 aromatic heterocycles. The van der Waals surface area contributed by atoms with Gasteiger partial charge >= 0.3 is 54.6 Å². The van der Waals surface area contributed by atoms with Crippen LogP contribution in [0.5, 0.6) is 17.2 Å². The van der Waals surface area contributed by atoms with E-state index in [0.29, 0.717) is 77.1 Å². The van der Waals surface area contributed by atoms with E-state index >= 15 is 0 Å². The molecule has 0 spiro atoms. The molecular formula is C82H82BBrClF3N3NaO15. The van der Waals surface area contributed by atoms with Crippen LogP contribution in [0.3, 0.4) is 0 Å². The van der Waals surface area contributed by atoms with E-state index in [2.05, 4.69) is 15.9 Å². The number of carboxylic acids is 1. The van der Waals surface area contributed by atoms with E-state index in [1.807, 2.05) is 131 Å². The molecule has 25 heteroatoms. The Morgan fingerprint density at radius 1 is 0.467 bits per heavy atom. The second kappa shape index (κ2) is 39.6. The minimum Gasteiger partial charge on any atom is -0.870 e. The Kier molecular flexibility index (Phi) is 31.5. The fraction of sp³-hybridized carbons (Fsp3) is 0.232. The predicted molar refractivity (Wildman–Crippen MR) is 406 cm³/mol. The van der Waals surface area contributed by atoms with Crippen LogP contribution in [0.4, 0.5) is 13.2 Å². The number of para-hydroxylation sites is 3. The molecule has 18 nitrogen and oxygen atoms in total. The summed E-state index contributed by atoms with van der Waals surface area (Å²) in [5.74, 6) is -0.585. The van der Waals surface area contributed by atoms with Crippen LogP contribution in [-0.4, -0.2) is 60.0 Å². The van der Waals surface area contributed by atoms with Gasteiger partial charge in [-0.05, 0) is 179 Å². The molecule has 1 fully saturated rings. The number of carboxylic acid groups (broad SMARTS) is 1. The largest absolute Gasteiger partial charge is 1.00 e. The summed E-state index contributed by atoms with van der Waals surface area (Å²) in [7, 11) is -0.537. The van der Waals surface area contributed by atoms with Gasteiger partial charge in [0, 0.05) is 90.2 Å². The number of nitrogens with two attached hydrogens (primary N) is 3. The fourth-order valence-corrected chi connectivity index (χ4v) is 11.9. The van der Waals surface area contributed by atoms with E-state index in [1.54, 1.807) is 93.3 Å². The molecule has 0 aliphatic carbocycles. The Morgan fingerprint density at radius 3 is 1.21 bits per heavy atom. The minimum absolute atomic E-state index is 0. The fourth-order valence-electron chi connectivity index (χ4n) is 11.5. The van der Waals surface area contributed by atoms with Gasteiger partial charge in [-0.2, -0.15) is 0 Å². The number of furan rings is 3. The molecule has 1 aliphatic heterocycles. The molecule has 554 valence electrons. The Balaban J connectivity index is 0.000000207.